The molecular weight excluding hydrogens is 582 g/mol. The van der Waals surface area contributed by atoms with Crippen molar-refractivity contribution in [3.05, 3.63) is 125 Å². The summed E-state index contributed by atoms with van der Waals surface area (Å²) in [7, 11) is -2.90. The maximum absolute atomic E-state index is 10.9. The van der Waals surface area contributed by atoms with Crippen molar-refractivity contribution < 1.29 is 13.8 Å². The zero-order valence-corrected chi connectivity index (χ0v) is 26.3. The molecule has 8 nitrogen and oxygen atoms in total. The van der Waals surface area contributed by atoms with Crippen LogP contribution in [0.25, 0.3) is 10.9 Å². The average molecular weight is 622 g/mol. The summed E-state index contributed by atoms with van der Waals surface area (Å²) in [4.78, 5) is 15.3. The highest BCUT2D eigenvalue weighted by Crippen LogP contribution is 2.51. The van der Waals surface area contributed by atoms with Gasteiger partial charge in [0.05, 0.1) is 34.9 Å². The predicted molar refractivity (Wildman–Crippen MR) is 182 cm³/mol. The van der Waals surface area contributed by atoms with E-state index in [1.165, 1.54) is 11.1 Å². The smallest absolute Gasteiger partial charge is 0.228 e. The molecule has 5 aromatic rings. The van der Waals surface area contributed by atoms with E-state index in [1.54, 1.807) is 0 Å². The maximum atomic E-state index is 10.9. The van der Waals surface area contributed by atoms with Gasteiger partial charge in [-0.2, -0.15) is 15.6 Å². The monoisotopic (exact) mass is 621 g/mol. The van der Waals surface area contributed by atoms with Crippen LogP contribution in [0.5, 0.6) is 0 Å². The van der Waals surface area contributed by atoms with Crippen LogP contribution in [0.4, 0.5) is 11.8 Å². The second-order valence-electron chi connectivity index (χ2n) is 12.2. The zero-order chi connectivity index (χ0) is 30.9. The fraction of sp³-hybridized carbons (Fsp3) is 0.278. The average Bonchev–Trinajstić information content (AvgIpc) is 3.17. The highest BCUT2D eigenvalue weighted by atomic mass is 32.3. The van der Waals surface area contributed by atoms with E-state index < -0.39 is 10.6 Å². The van der Waals surface area contributed by atoms with Crippen LogP contribution in [-0.2, 0) is 24.4 Å². The Labute approximate surface area is 266 Å². The van der Waals surface area contributed by atoms with Crippen LogP contribution >= 0.6 is 10.6 Å². The van der Waals surface area contributed by atoms with Gasteiger partial charge >= 0.3 is 0 Å². The van der Waals surface area contributed by atoms with E-state index in [4.69, 9.17) is 14.7 Å². The molecule has 4 aromatic carbocycles. The van der Waals surface area contributed by atoms with Crippen LogP contribution in [0.1, 0.15) is 22.3 Å². The lowest BCUT2D eigenvalue weighted by molar-refractivity contribution is -0.140. The minimum absolute atomic E-state index is 0.231. The summed E-state index contributed by atoms with van der Waals surface area (Å²) in [5, 5.41) is 4.71. The van der Waals surface area contributed by atoms with Gasteiger partial charge in [-0.15, -0.1) is 0 Å². The molecule has 0 atom stereocenters. The third-order valence-corrected chi connectivity index (χ3v) is 10.7. The lowest BCUT2D eigenvalue weighted by Crippen LogP contribution is -2.65. The predicted octanol–water partition coefficient (Wildman–Crippen LogP) is 6.95. The molecule has 0 unspecified atom stereocenters. The van der Waals surface area contributed by atoms with E-state index in [1.807, 2.05) is 30.3 Å². The summed E-state index contributed by atoms with van der Waals surface area (Å²) in [5.74, 6) is 1.58. The second kappa shape index (κ2) is 12.4. The first-order valence-electron chi connectivity index (χ1n) is 15.4. The van der Waals surface area contributed by atoms with Crippen molar-refractivity contribution in [2.45, 2.75) is 37.0 Å². The van der Waals surface area contributed by atoms with Crippen molar-refractivity contribution in [1.82, 2.24) is 14.9 Å². The number of benzene rings is 4. The largest absolute Gasteiger partial charge is 0.377 e. The topological polar surface area (TPSA) is 94.0 Å². The summed E-state index contributed by atoms with van der Waals surface area (Å²) >= 11 is 0. The van der Waals surface area contributed by atoms with E-state index in [0.717, 1.165) is 40.9 Å². The van der Waals surface area contributed by atoms with E-state index in [0.29, 0.717) is 43.7 Å². The Morgan fingerprint density at radius 2 is 1.53 bits per heavy atom. The number of hydrogen-bond donors (Lipinski definition) is 3. The summed E-state index contributed by atoms with van der Waals surface area (Å²) < 4.78 is 27.8. The van der Waals surface area contributed by atoms with Gasteiger partial charge in [0.25, 0.3) is 0 Å². The van der Waals surface area contributed by atoms with Gasteiger partial charge in [0.15, 0.2) is 0 Å². The van der Waals surface area contributed by atoms with Gasteiger partial charge in [0.2, 0.25) is 5.95 Å². The molecule has 2 aliphatic heterocycles. The van der Waals surface area contributed by atoms with Crippen molar-refractivity contribution >= 4 is 33.3 Å². The molecule has 3 N–H and O–H groups in total. The first kappa shape index (κ1) is 29.7. The number of anilines is 2. The normalized spacial score (nSPS) is 17.7. The van der Waals surface area contributed by atoms with Gasteiger partial charge in [0.1, 0.15) is 5.82 Å². The molecule has 0 amide bonds. The van der Waals surface area contributed by atoms with Crippen molar-refractivity contribution in [1.29, 1.82) is 0 Å². The van der Waals surface area contributed by atoms with Gasteiger partial charge in [-0.05, 0) is 41.8 Å². The molecular formula is C36H39N5O3S. The minimum Gasteiger partial charge on any atom is -0.377 e. The summed E-state index contributed by atoms with van der Waals surface area (Å²) in [6.07, 6.45) is 0. The molecule has 0 spiro atoms. The second-order valence-corrected chi connectivity index (χ2v) is 14.4. The lowest BCUT2D eigenvalue weighted by atomic mass is 9.92. The number of aromatic nitrogens is 2. The molecule has 0 saturated carbocycles. The summed E-state index contributed by atoms with van der Waals surface area (Å²) in [6, 6.07) is 35.0. The number of hydrogen-bond acceptors (Lipinski definition) is 8. The fourth-order valence-corrected chi connectivity index (χ4v) is 7.79. The minimum atomic E-state index is -2.90. The van der Waals surface area contributed by atoms with E-state index in [9.17, 15) is 9.11 Å². The van der Waals surface area contributed by atoms with Crippen LogP contribution in [0.3, 0.4) is 0 Å². The zero-order valence-electron chi connectivity index (χ0n) is 25.5. The summed E-state index contributed by atoms with van der Waals surface area (Å²) in [6.45, 7) is 6.51. The molecule has 232 valence electrons. The van der Waals surface area contributed by atoms with Crippen molar-refractivity contribution in [3.8, 4) is 0 Å². The third-order valence-electron chi connectivity index (χ3n) is 8.88. The van der Waals surface area contributed by atoms with Gasteiger partial charge in [0, 0.05) is 38.1 Å². The Hall–Kier alpha value is -3.99. The highest BCUT2D eigenvalue weighted by Gasteiger charge is 2.44. The van der Waals surface area contributed by atoms with Crippen LogP contribution in [0.2, 0.25) is 0 Å². The fourth-order valence-electron chi connectivity index (χ4n) is 6.24. The Morgan fingerprint density at radius 1 is 0.867 bits per heavy atom. The Bertz CT molecular complexity index is 1740. The van der Waals surface area contributed by atoms with Gasteiger partial charge in [-0.1, -0.05) is 90.5 Å². The molecule has 9 heteroatoms. The molecule has 7 rings (SSSR count). The molecule has 45 heavy (non-hydrogen) atoms. The van der Waals surface area contributed by atoms with Crippen LogP contribution in [0, 0.1) is 6.92 Å². The van der Waals surface area contributed by atoms with Gasteiger partial charge < -0.3 is 15.0 Å². The maximum Gasteiger partial charge on any atom is 0.228 e. The number of ether oxygens (including phenoxy) is 1. The van der Waals surface area contributed by atoms with Crippen molar-refractivity contribution in [3.63, 3.8) is 0 Å². The lowest BCUT2D eigenvalue weighted by Gasteiger charge is -2.50. The summed E-state index contributed by atoms with van der Waals surface area (Å²) in [5.41, 5.74) is 5.17. The van der Waals surface area contributed by atoms with Crippen molar-refractivity contribution in [2.24, 2.45) is 0 Å². The highest BCUT2D eigenvalue weighted by molar-refractivity contribution is 8.24. The molecule has 2 aliphatic rings. The van der Waals surface area contributed by atoms with E-state index in [2.05, 4.69) is 94.8 Å². The standard InChI is InChI=1S/C36H39N5O3S/c1-27-16-17-32-31(20-27)34(39-35(38-32)40-18-19-45(42,43)33-15-9-8-14-30(33)23-40)37-24-36(25-44-26-36)41(21-28-10-4-2-5-11-28)22-29-12-6-3-7-13-29/h2-17,20,42-43H,18-19,21-26H2,1H3,(H,37,38,39). The number of nitrogens with zero attached hydrogens (tertiary/aromatic N) is 4. The molecule has 1 fully saturated rings. The Kier molecular flexibility index (Phi) is 8.20. The first-order chi connectivity index (χ1) is 21.9. The molecule has 0 radical (unpaired) electrons. The van der Waals surface area contributed by atoms with Crippen LogP contribution in [0.15, 0.2) is 108 Å². The Balaban J connectivity index is 1.21. The molecule has 1 saturated heterocycles. The molecule has 0 aliphatic carbocycles. The Morgan fingerprint density at radius 3 is 2.20 bits per heavy atom. The van der Waals surface area contributed by atoms with E-state index >= 15 is 0 Å². The number of rotatable bonds is 9. The van der Waals surface area contributed by atoms with Crippen LogP contribution in [-0.4, -0.2) is 61.6 Å². The van der Waals surface area contributed by atoms with Gasteiger partial charge in [-0.25, -0.2) is 4.98 Å². The first-order valence-corrected chi connectivity index (χ1v) is 17.1. The molecule has 3 heterocycles. The number of fused-ring (bicyclic) bond motifs is 2. The number of nitrogens with one attached hydrogen (secondary N) is 1. The molecule has 0 bridgehead atoms. The third kappa shape index (κ3) is 6.27. The van der Waals surface area contributed by atoms with Gasteiger partial charge in [-0.3, -0.25) is 14.0 Å². The van der Waals surface area contributed by atoms with E-state index in [-0.39, 0.29) is 11.3 Å². The number of aryl methyl sites for hydroxylation is 1. The molecule has 1 aromatic heterocycles. The van der Waals surface area contributed by atoms with Crippen molar-refractivity contribution in [2.75, 3.05) is 42.3 Å². The quantitative estimate of drug-likeness (QED) is 0.163. The van der Waals surface area contributed by atoms with Crippen LogP contribution < -0.4 is 10.2 Å². The SMILES string of the molecule is Cc1ccc2nc(N3CCS(O)(O)c4ccccc4C3)nc(NCC3(N(Cc4ccccc4)Cc4ccccc4)COC3)c2c1.